The Kier molecular flexibility index (Phi) is 2.89. The van der Waals surface area contributed by atoms with E-state index in [1.807, 2.05) is 6.08 Å². The highest BCUT2D eigenvalue weighted by molar-refractivity contribution is 6.04. The Morgan fingerprint density at radius 2 is 2.15 bits per heavy atom. The Bertz CT molecular complexity index is 655. The predicted molar refractivity (Wildman–Crippen MR) is 71.3 cm³/mol. The molecular weight excluding hydrogens is 260 g/mol. The first-order valence-electron chi connectivity index (χ1n) is 6.34. The van der Waals surface area contributed by atoms with Gasteiger partial charge in [0.2, 0.25) is 5.75 Å². The molecule has 104 valence electrons. The van der Waals surface area contributed by atoms with Crippen molar-refractivity contribution < 1.29 is 24.5 Å². The van der Waals surface area contributed by atoms with Gasteiger partial charge in [-0.3, -0.25) is 4.79 Å². The summed E-state index contributed by atoms with van der Waals surface area (Å²) >= 11 is 0. The largest absolute Gasteiger partial charge is 0.507 e. The van der Waals surface area contributed by atoms with Crippen molar-refractivity contribution in [3.05, 3.63) is 35.1 Å². The summed E-state index contributed by atoms with van der Waals surface area (Å²) in [7, 11) is 1.37. The van der Waals surface area contributed by atoms with Gasteiger partial charge in [0.05, 0.1) is 7.11 Å². The van der Waals surface area contributed by atoms with Gasteiger partial charge >= 0.3 is 0 Å². The van der Waals surface area contributed by atoms with Crippen molar-refractivity contribution in [2.45, 2.75) is 19.3 Å². The van der Waals surface area contributed by atoms with E-state index in [-0.39, 0.29) is 40.8 Å². The van der Waals surface area contributed by atoms with E-state index in [0.717, 1.165) is 18.4 Å². The van der Waals surface area contributed by atoms with Gasteiger partial charge in [-0.2, -0.15) is 0 Å². The summed E-state index contributed by atoms with van der Waals surface area (Å²) in [6.45, 7) is 0. The van der Waals surface area contributed by atoms with Crippen molar-refractivity contribution in [3.8, 4) is 23.0 Å². The number of methoxy groups -OCH3 is 1. The Morgan fingerprint density at radius 1 is 1.35 bits per heavy atom. The smallest absolute Gasteiger partial charge is 0.202 e. The van der Waals surface area contributed by atoms with Gasteiger partial charge in [-0.1, -0.05) is 6.08 Å². The zero-order valence-corrected chi connectivity index (χ0v) is 11.0. The number of hydrogen-bond acceptors (Lipinski definition) is 5. The number of benzene rings is 1. The third-order valence-electron chi connectivity index (χ3n) is 3.51. The number of carbonyl (C=O) groups is 1. The van der Waals surface area contributed by atoms with Gasteiger partial charge in [0.25, 0.3) is 0 Å². The SMILES string of the molecule is COc1cc(O)c2c(c1O)OC1=C(CCC=C1)CC2=O. The van der Waals surface area contributed by atoms with Gasteiger partial charge < -0.3 is 19.7 Å². The lowest BCUT2D eigenvalue weighted by molar-refractivity contribution is 0.0989. The van der Waals surface area contributed by atoms with Crippen LogP contribution in [0.4, 0.5) is 0 Å². The second-order valence-electron chi connectivity index (χ2n) is 4.76. The molecule has 3 rings (SSSR count). The zero-order valence-electron chi connectivity index (χ0n) is 11.0. The van der Waals surface area contributed by atoms with E-state index in [1.54, 1.807) is 6.08 Å². The van der Waals surface area contributed by atoms with E-state index in [2.05, 4.69) is 0 Å². The summed E-state index contributed by atoms with van der Waals surface area (Å²) in [5, 5.41) is 20.1. The Hall–Kier alpha value is -2.43. The monoisotopic (exact) mass is 274 g/mol. The van der Waals surface area contributed by atoms with E-state index in [1.165, 1.54) is 13.2 Å². The molecule has 1 aliphatic heterocycles. The molecule has 0 radical (unpaired) electrons. The van der Waals surface area contributed by atoms with Crippen molar-refractivity contribution in [3.63, 3.8) is 0 Å². The lowest BCUT2D eigenvalue weighted by Gasteiger charge is -2.15. The summed E-state index contributed by atoms with van der Waals surface area (Å²) in [4.78, 5) is 12.3. The fourth-order valence-electron chi connectivity index (χ4n) is 2.50. The molecule has 2 N–H and O–H groups in total. The predicted octanol–water partition coefficient (Wildman–Crippen LogP) is 2.68. The van der Waals surface area contributed by atoms with E-state index in [9.17, 15) is 15.0 Å². The van der Waals surface area contributed by atoms with E-state index in [4.69, 9.17) is 9.47 Å². The van der Waals surface area contributed by atoms with E-state index >= 15 is 0 Å². The molecule has 2 aliphatic rings. The summed E-state index contributed by atoms with van der Waals surface area (Å²) < 4.78 is 10.6. The first kappa shape index (κ1) is 12.6. The summed E-state index contributed by atoms with van der Waals surface area (Å²) in [5.41, 5.74) is 0.887. The molecule has 0 spiro atoms. The number of hydrogen-bond donors (Lipinski definition) is 2. The maximum atomic E-state index is 12.3. The quantitative estimate of drug-likeness (QED) is 0.770. The van der Waals surface area contributed by atoms with Crippen LogP contribution in [0.2, 0.25) is 0 Å². The zero-order chi connectivity index (χ0) is 14.3. The van der Waals surface area contributed by atoms with Crippen LogP contribution in [-0.4, -0.2) is 23.1 Å². The van der Waals surface area contributed by atoms with Gasteiger partial charge in [-0.25, -0.2) is 0 Å². The first-order chi connectivity index (χ1) is 9.61. The normalized spacial score (nSPS) is 17.1. The lowest BCUT2D eigenvalue weighted by Crippen LogP contribution is -2.01. The van der Waals surface area contributed by atoms with E-state index in [0.29, 0.717) is 5.76 Å². The highest BCUT2D eigenvalue weighted by atomic mass is 16.5. The summed E-state index contributed by atoms with van der Waals surface area (Å²) in [5.74, 6) is -0.201. The molecule has 0 unspecified atom stereocenters. The van der Waals surface area contributed by atoms with Crippen LogP contribution in [0.3, 0.4) is 0 Å². The lowest BCUT2D eigenvalue weighted by atomic mass is 9.96. The minimum Gasteiger partial charge on any atom is -0.507 e. The molecular formula is C15H14O5. The van der Waals surface area contributed by atoms with Gasteiger partial charge in [0.15, 0.2) is 17.3 Å². The van der Waals surface area contributed by atoms with E-state index < -0.39 is 0 Å². The molecule has 0 amide bonds. The average molecular weight is 274 g/mol. The molecule has 0 aromatic heterocycles. The van der Waals surface area contributed by atoms with Crippen LogP contribution < -0.4 is 9.47 Å². The molecule has 20 heavy (non-hydrogen) atoms. The molecule has 1 heterocycles. The molecule has 0 saturated heterocycles. The maximum absolute atomic E-state index is 12.3. The third-order valence-corrected chi connectivity index (χ3v) is 3.51. The molecule has 5 nitrogen and oxygen atoms in total. The second-order valence-corrected chi connectivity index (χ2v) is 4.76. The number of rotatable bonds is 1. The van der Waals surface area contributed by atoms with Crippen LogP contribution in [0.5, 0.6) is 23.0 Å². The molecule has 1 aromatic carbocycles. The van der Waals surface area contributed by atoms with Crippen LogP contribution in [0.25, 0.3) is 0 Å². The number of phenolic OH excluding ortho intramolecular Hbond substituents is 2. The maximum Gasteiger partial charge on any atom is 0.202 e. The summed E-state index contributed by atoms with van der Waals surface area (Å²) in [6.07, 6.45) is 5.52. The number of Topliss-reactive ketones (excluding diaryl/α,β-unsaturated/α-hetero) is 1. The molecule has 0 fully saturated rings. The number of aromatic hydroxyl groups is 2. The fraction of sp³-hybridized carbons (Fsp3) is 0.267. The molecule has 0 atom stereocenters. The van der Waals surface area contributed by atoms with Crippen molar-refractivity contribution in [2.75, 3.05) is 7.11 Å². The second kappa shape index (κ2) is 4.59. The van der Waals surface area contributed by atoms with Crippen molar-refractivity contribution in [1.29, 1.82) is 0 Å². The number of carbonyl (C=O) groups excluding carboxylic acids is 1. The fourth-order valence-corrected chi connectivity index (χ4v) is 2.50. The molecule has 1 aliphatic carbocycles. The van der Waals surface area contributed by atoms with Crippen LogP contribution in [0.1, 0.15) is 29.6 Å². The Labute approximate surface area is 115 Å². The average Bonchev–Trinajstić information content (AvgIpc) is 2.59. The topological polar surface area (TPSA) is 76.0 Å². The number of ketones is 1. The minimum atomic E-state index is -0.277. The van der Waals surface area contributed by atoms with Crippen LogP contribution in [-0.2, 0) is 0 Å². The first-order valence-corrected chi connectivity index (χ1v) is 6.34. The molecule has 5 heteroatoms. The van der Waals surface area contributed by atoms with Gasteiger partial charge in [0, 0.05) is 12.5 Å². The summed E-state index contributed by atoms with van der Waals surface area (Å²) in [6, 6.07) is 1.22. The highest BCUT2D eigenvalue weighted by Gasteiger charge is 2.30. The standard InChI is InChI=1S/C15H14O5/c1-19-12-7-10(17)13-9(16)6-8-4-2-3-5-11(8)20-15(13)14(12)18/h3,5,7,17-18H,2,4,6H2,1H3. The van der Waals surface area contributed by atoms with Crippen LogP contribution in [0, 0.1) is 0 Å². The number of phenols is 2. The van der Waals surface area contributed by atoms with Crippen LogP contribution in [0.15, 0.2) is 29.6 Å². The number of allylic oxidation sites excluding steroid dienone is 3. The van der Waals surface area contributed by atoms with Gasteiger partial charge in [-0.15, -0.1) is 0 Å². The molecule has 1 aromatic rings. The molecule has 0 saturated carbocycles. The van der Waals surface area contributed by atoms with Crippen molar-refractivity contribution in [1.82, 2.24) is 0 Å². The minimum absolute atomic E-state index is 0.00565. The molecule has 0 bridgehead atoms. The Balaban J connectivity index is 2.20. The number of fused-ring (bicyclic) bond motifs is 1. The number of ether oxygens (including phenoxy) is 2. The third kappa shape index (κ3) is 1.82. The van der Waals surface area contributed by atoms with Crippen LogP contribution >= 0.6 is 0 Å². The van der Waals surface area contributed by atoms with Gasteiger partial charge in [-0.05, 0) is 24.5 Å². The highest BCUT2D eigenvalue weighted by Crippen LogP contribution is 2.47. The Morgan fingerprint density at radius 3 is 2.90 bits per heavy atom. The van der Waals surface area contributed by atoms with Crippen molar-refractivity contribution >= 4 is 5.78 Å². The van der Waals surface area contributed by atoms with Crippen molar-refractivity contribution in [2.24, 2.45) is 0 Å². The van der Waals surface area contributed by atoms with Gasteiger partial charge in [0.1, 0.15) is 17.1 Å².